The van der Waals surface area contributed by atoms with Crippen LogP contribution in [0.25, 0.3) is 10.8 Å². The molecule has 0 heterocycles. The van der Waals surface area contributed by atoms with Gasteiger partial charge in [-0.3, -0.25) is 4.79 Å². The Morgan fingerprint density at radius 2 is 1.73 bits per heavy atom. The van der Waals surface area contributed by atoms with Gasteiger partial charge in [-0.05, 0) is 74.3 Å². The maximum Gasteiger partial charge on any atom is 0.329 e. The topological polar surface area (TPSA) is 55.4 Å². The van der Waals surface area contributed by atoms with Crippen molar-refractivity contribution in [3.8, 4) is 0 Å². The van der Waals surface area contributed by atoms with Crippen molar-refractivity contribution in [3.05, 3.63) is 48.0 Å². The van der Waals surface area contributed by atoms with Crippen LogP contribution in [0.15, 0.2) is 42.5 Å². The van der Waals surface area contributed by atoms with Gasteiger partial charge in [0.2, 0.25) is 5.91 Å². The number of carbonyl (C=O) groups is 2. The molecule has 0 saturated heterocycles. The number of thioether (sulfide) groups is 1. The number of carbonyl (C=O) groups excluding carboxylic acids is 2. The predicted octanol–water partition coefficient (Wildman–Crippen LogP) is 6.55. The maximum absolute atomic E-state index is 13.5. The molecule has 2 aromatic rings. The first kappa shape index (κ1) is 27.2. The van der Waals surface area contributed by atoms with E-state index in [1.54, 1.807) is 0 Å². The standard InChI is InChI=1S/C28H41NO3S/c1-6-8-18-25(27(31)32-28(3,4)5)29-26(30)23(16-12-19-33-7-2)20-22-15-11-14-21-13-9-10-17-24(21)22/h9-11,13-15,17,23,25H,6-8,12,16,18-20H2,1-5H3,(H,29,30)/t23?,25-/m0/s1. The van der Waals surface area contributed by atoms with Crippen molar-refractivity contribution >= 4 is 34.4 Å². The summed E-state index contributed by atoms with van der Waals surface area (Å²) in [6, 6.07) is 14.0. The largest absolute Gasteiger partial charge is 0.458 e. The molecule has 0 aliphatic heterocycles. The second-order valence-electron chi connectivity index (χ2n) is 9.62. The summed E-state index contributed by atoms with van der Waals surface area (Å²) in [6.07, 6.45) is 4.88. The van der Waals surface area contributed by atoms with Gasteiger partial charge in [0, 0.05) is 5.92 Å². The van der Waals surface area contributed by atoms with E-state index in [2.05, 4.69) is 49.5 Å². The molecule has 4 nitrogen and oxygen atoms in total. The molecule has 0 aliphatic carbocycles. The van der Waals surface area contributed by atoms with Crippen LogP contribution in [0, 0.1) is 5.92 Å². The second kappa shape index (κ2) is 13.6. The van der Waals surface area contributed by atoms with Crippen LogP contribution < -0.4 is 5.32 Å². The zero-order chi connectivity index (χ0) is 24.3. The van der Waals surface area contributed by atoms with Crippen LogP contribution in [-0.4, -0.2) is 35.0 Å². The van der Waals surface area contributed by atoms with Crippen molar-refractivity contribution in [1.29, 1.82) is 0 Å². The number of benzene rings is 2. The minimum Gasteiger partial charge on any atom is -0.458 e. The molecular weight excluding hydrogens is 430 g/mol. The lowest BCUT2D eigenvalue weighted by Gasteiger charge is -2.26. The Morgan fingerprint density at radius 3 is 2.42 bits per heavy atom. The molecule has 1 amide bonds. The number of esters is 1. The van der Waals surface area contributed by atoms with Gasteiger partial charge in [0.1, 0.15) is 11.6 Å². The third-order valence-electron chi connectivity index (χ3n) is 5.62. The molecule has 0 saturated carbocycles. The van der Waals surface area contributed by atoms with Crippen molar-refractivity contribution in [1.82, 2.24) is 5.32 Å². The van der Waals surface area contributed by atoms with E-state index in [-0.39, 0.29) is 17.8 Å². The van der Waals surface area contributed by atoms with Gasteiger partial charge in [-0.15, -0.1) is 0 Å². The number of fused-ring (bicyclic) bond motifs is 1. The highest BCUT2D eigenvalue weighted by Crippen LogP contribution is 2.24. The highest BCUT2D eigenvalue weighted by molar-refractivity contribution is 7.99. The molecule has 1 N–H and O–H groups in total. The van der Waals surface area contributed by atoms with E-state index >= 15 is 0 Å². The van der Waals surface area contributed by atoms with Crippen LogP contribution in [0.4, 0.5) is 0 Å². The van der Waals surface area contributed by atoms with E-state index in [0.29, 0.717) is 12.8 Å². The van der Waals surface area contributed by atoms with Crippen molar-refractivity contribution in [2.75, 3.05) is 11.5 Å². The molecular formula is C28H41NO3S. The number of hydrogen-bond donors (Lipinski definition) is 1. The van der Waals surface area contributed by atoms with Gasteiger partial charge in [0.15, 0.2) is 0 Å². The number of unbranched alkanes of at least 4 members (excludes halogenated alkanes) is 1. The van der Waals surface area contributed by atoms with Gasteiger partial charge < -0.3 is 10.1 Å². The summed E-state index contributed by atoms with van der Waals surface area (Å²) in [5.74, 6) is 1.56. The molecule has 0 bridgehead atoms. The first-order valence-corrected chi connectivity index (χ1v) is 13.5. The van der Waals surface area contributed by atoms with Gasteiger partial charge in [-0.2, -0.15) is 11.8 Å². The minimum absolute atomic E-state index is 0.0450. The van der Waals surface area contributed by atoms with Crippen LogP contribution in [0.2, 0.25) is 0 Å². The Labute approximate surface area is 204 Å². The van der Waals surface area contributed by atoms with Gasteiger partial charge in [-0.25, -0.2) is 4.79 Å². The average Bonchev–Trinajstić information content (AvgIpc) is 2.77. The van der Waals surface area contributed by atoms with E-state index in [4.69, 9.17) is 4.74 Å². The molecule has 5 heteroatoms. The Bertz CT molecular complexity index is 885. The average molecular weight is 472 g/mol. The molecule has 0 spiro atoms. The number of hydrogen-bond acceptors (Lipinski definition) is 4. The van der Waals surface area contributed by atoms with E-state index < -0.39 is 11.6 Å². The monoisotopic (exact) mass is 471 g/mol. The number of nitrogens with one attached hydrogen (secondary N) is 1. The minimum atomic E-state index is -0.600. The third-order valence-corrected chi connectivity index (χ3v) is 6.60. The van der Waals surface area contributed by atoms with Crippen LogP contribution >= 0.6 is 11.8 Å². The van der Waals surface area contributed by atoms with Crippen LogP contribution in [0.1, 0.15) is 72.3 Å². The van der Waals surface area contributed by atoms with Crippen molar-refractivity contribution < 1.29 is 14.3 Å². The SMILES string of the molecule is CCCC[C@H](NC(=O)C(CCCSCC)Cc1cccc2ccccc12)C(=O)OC(C)(C)C. The molecule has 0 aromatic heterocycles. The third kappa shape index (κ3) is 9.40. The predicted molar refractivity (Wildman–Crippen MR) is 141 cm³/mol. The van der Waals surface area contributed by atoms with Crippen LogP contribution in [0.5, 0.6) is 0 Å². The zero-order valence-corrected chi connectivity index (χ0v) is 21.8. The summed E-state index contributed by atoms with van der Waals surface area (Å²) < 4.78 is 5.61. The van der Waals surface area contributed by atoms with E-state index in [0.717, 1.165) is 37.2 Å². The summed E-state index contributed by atoms with van der Waals surface area (Å²) >= 11 is 1.90. The highest BCUT2D eigenvalue weighted by atomic mass is 32.2. The van der Waals surface area contributed by atoms with Crippen LogP contribution in [0.3, 0.4) is 0 Å². The fraction of sp³-hybridized carbons (Fsp3) is 0.571. The highest BCUT2D eigenvalue weighted by Gasteiger charge is 2.29. The lowest BCUT2D eigenvalue weighted by molar-refractivity contribution is -0.159. The van der Waals surface area contributed by atoms with Gasteiger partial charge in [-0.1, -0.05) is 69.2 Å². The fourth-order valence-corrected chi connectivity index (χ4v) is 4.62. The molecule has 0 radical (unpaired) electrons. The van der Waals surface area contributed by atoms with Gasteiger partial charge >= 0.3 is 5.97 Å². The molecule has 182 valence electrons. The van der Waals surface area contributed by atoms with E-state index in [1.165, 1.54) is 16.3 Å². The lowest BCUT2D eigenvalue weighted by Crippen LogP contribution is -2.46. The van der Waals surface area contributed by atoms with Crippen molar-refractivity contribution in [2.24, 2.45) is 5.92 Å². The molecule has 0 aliphatic rings. The normalized spacial score (nSPS) is 13.5. The summed E-state index contributed by atoms with van der Waals surface area (Å²) in [7, 11) is 0. The smallest absolute Gasteiger partial charge is 0.329 e. The first-order valence-electron chi connectivity index (χ1n) is 12.3. The van der Waals surface area contributed by atoms with E-state index in [1.807, 2.05) is 44.7 Å². The number of ether oxygens (including phenoxy) is 1. The van der Waals surface area contributed by atoms with E-state index in [9.17, 15) is 9.59 Å². The van der Waals surface area contributed by atoms with Crippen LogP contribution in [-0.2, 0) is 20.7 Å². The van der Waals surface area contributed by atoms with Crippen molar-refractivity contribution in [3.63, 3.8) is 0 Å². The molecule has 2 aromatic carbocycles. The zero-order valence-electron chi connectivity index (χ0n) is 21.0. The van der Waals surface area contributed by atoms with Crippen molar-refractivity contribution in [2.45, 2.75) is 84.8 Å². The number of rotatable bonds is 13. The summed E-state index contributed by atoms with van der Waals surface area (Å²) in [5, 5.41) is 5.44. The molecule has 2 atom stereocenters. The molecule has 2 rings (SSSR count). The molecule has 1 unspecified atom stereocenters. The summed E-state index contributed by atoms with van der Waals surface area (Å²) in [6.45, 7) is 9.82. The first-order chi connectivity index (χ1) is 15.7. The Kier molecular flexibility index (Phi) is 11.3. The maximum atomic E-state index is 13.5. The van der Waals surface area contributed by atoms with Gasteiger partial charge in [0.25, 0.3) is 0 Å². The van der Waals surface area contributed by atoms with Gasteiger partial charge in [0.05, 0.1) is 0 Å². The summed E-state index contributed by atoms with van der Waals surface area (Å²) in [5.41, 5.74) is 0.602. The summed E-state index contributed by atoms with van der Waals surface area (Å²) in [4.78, 5) is 26.3. The lowest BCUT2D eigenvalue weighted by atomic mass is 9.91. The second-order valence-corrected chi connectivity index (χ2v) is 11.0. The fourth-order valence-electron chi connectivity index (χ4n) is 3.96. The Hall–Kier alpha value is -2.01. The quantitative estimate of drug-likeness (QED) is 0.266. The Morgan fingerprint density at radius 1 is 1.00 bits per heavy atom. The molecule has 0 fully saturated rings. The Balaban J connectivity index is 2.20. The molecule has 33 heavy (non-hydrogen) atoms. The number of amides is 1.